The quantitative estimate of drug-likeness (QED) is 0.589. The Morgan fingerprint density at radius 1 is 1.03 bits per heavy atom. The van der Waals surface area contributed by atoms with Crippen LogP contribution in [0.3, 0.4) is 0 Å². The number of nitrogens with zero attached hydrogens (tertiary/aromatic N) is 1. The number of hydrogen-bond acceptors (Lipinski definition) is 4. The lowest BCUT2D eigenvalue weighted by Crippen LogP contribution is -2.43. The monoisotopic (exact) mass is 440 g/mol. The zero-order valence-corrected chi connectivity index (χ0v) is 18.2. The number of carbonyl (C=O) groups is 3. The molecule has 0 radical (unpaired) electrons. The van der Waals surface area contributed by atoms with Crippen molar-refractivity contribution in [3.05, 3.63) is 65.5 Å². The zero-order chi connectivity index (χ0) is 22.9. The van der Waals surface area contributed by atoms with E-state index < -0.39 is 0 Å². The van der Waals surface area contributed by atoms with Gasteiger partial charge in [0.15, 0.2) is 0 Å². The predicted molar refractivity (Wildman–Crippen MR) is 120 cm³/mol. The molecule has 3 amide bonds. The van der Waals surface area contributed by atoms with E-state index in [-0.39, 0.29) is 36.0 Å². The van der Waals surface area contributed by atoms with Gasteiger partial charge in [0.25, 0.3) is 5.91 Å². The van der Waals surface area contributed by atoms with Crippen molar-refractivity contribution in [2.75, 3.05) is 31.5 Å². The molecule has 2 aromatic carbocycles. The van der Waals surface area contributed by atoms with Crippen LogP contribution >= 0.6 is 0 Å². The third-order valence-electron chi connectivity index (χ3n) is 5.45. The van der Waals surface area contributed by atoms with Crippen molar-refractivity contribution >= 4 is 23.4 Å². The fraction of sp³-hybridized carbons (Fsp3) is 0.375. The standard InChI is InChI=1S/C24H29FN4O3/c1-2-26-24(32)19-4-3-5-21(14-19)28-22(30)16-29-12-10-18(11-13-29)23(31)27-15-17-6-8-20(25)9-7-17/h3-9,14,18H,2,10-13,15-16H2,1H3,(H,26,32)(H,27,31)(H,28,30). The van der Waals surface area contributed by atoms with Crippen molar-refractivity contribution in [3.63, 3.8) is 0 Å². The van der Waals surface area contributed by atoms with Gasteiger partial charge in [0.05, 0.1) is 6.54 Å². The Kier molecular flexibility index (Phi) is 8.33. The van der Waals surface area contributed by atoms with Gasteiger partial charge in [0.2, 0.25) is 11.8 Å². The number of likely N-dealkylation sites (tertiary alicyclic amines) is 1. The van der Waals surface area contributed by atoms with Crippen molar-refractivity contribution in [3.8, 4) is 0 Å². The number of amides is 3. The Labute approximate surface area is 187 Å². The molecule has 0 saturated carbocycles. The predicted octanol–water partition coefficient (Wildman–Crippen LogP) is 2.54. The van der Waals surface area contributed by atoms with Crippen LogP contribution in [0.4, 0.5) is 10.1 Å². The molecule has 0 spiro atoms. The molecule has 0 bridgehead atoms. The maximum absolute atomic E-state index is 13.0. The SMILES string of the molecule is CCNC(=O)c1cccc(NC(=O)CN2CCC(C(=O)NCc3ccc(F)cc3)CC2)c1. The van der Waals surface area contributed by atoms with E-state index in [1.54, 1.807) is 36.4 Å². The highest BCUT2D eigenvalue weighted by molar-refractivity contribution is 5.97. The van der Waals surface area contributed by atoms with E-state index in [0.29, 0.717) is 50.3 Å². The third kappa shape index (κ3) is 6.88. The van der Waals surface area contributed by atoms with Crippen LogP contribution in [-0.4, -0.2) is 48.8 Å². The molecule has 170 valence electrons. The van der Waals surface area contributed by atoms with Crippen molar-refractivity contribution in [1.29, 1.82) is 0 Å². The first-order valence-electron chi connectivity index (χ1n) is 10.9. The van der Waals surface area contributed by atoms with Crippen molar-refractivity contribution < 1.29 is 18.8 Å². The summed E-state index contributed by atoms with van der Waals surface area (Å²) in [5.74, 6) is -0.740. The molecule has 0 atom stereocenters. The summed E-state index contributed by atoms with van der Waals surface area (Å²) in [6.45, 7) is 4.30. The van der Waals surface area contributed by atoms with Gasteiger partial charge in [-0.3, -0.25) is 19.3 Å². The van der Waals surface area contributed by atoms with Crippen LogP contribution < -0.4 is 16.0 Å². The lowest BCUT2D eigenvalue weighted by atomic mass is 9.96. The third-order valence-corrected chi connectivity index (χ3v) is 5.45. The lowest BCUT2D eigenvalue weighted by Gasteiger charge is -2.30. The summed E-state index contributed by atoms with van der Waals surface area (Å²) < 4.78 is 13.0. The fourth-order valence-corrected chi connectivity index (χ4v) is 3.69. The van der Waals surface area contributed by atoms with Crippen molar-refractivity contribution in [2.45, 2.75) is 26.3 Å². The first-order valence-corrected chi connectivity index (χ1v) is 10.9. The maximum Gasteiger partial charge on any atom is 0.251 e. The number of anilines is 1. The minimum atomic E-state index is -0.300. The van der Waals surface area contributed by atoms with Gasteiger partial charge in [-0.15, -0.1) is 0 Å². The first-order chi connectivity index (χ1) is 15.4. The second-order valence-electron chi connectivity index (χ2n) is 7.88. The molecule has 2 aromatic rings. The second-order valence-corrected chi connectivity index (χ2v) is 7.88. The number of halogens is 1. The normalized spacial score (nSPS) is 14.6. The molecular weight excluding hydrogens is 411 g/mol. The summed E-state index contributed by atoms with van der Waals surface area (Å²) in [6.07, 6.45) is 1.35. The summed E-state index contributed by atoms with van der Waals surface area (Å²) in [7, 11) is 0. The van der Waals surface area contributed by atoms with Crippen LogP contribution in [0.5, 0.6) is 0 Å². The van der Waals surface area contributed by atoms with Gasteiger partial charge in [-0.2, -0.15) is 0 Å². The van der Waals surface area contributed by atoms with E-state index in [9.17, 15) is 18.8 Å². The van der Waals surface area contributed by atoms with Gasteiger partial charge in [-0.25, -0.2) is 4.39 Å². The molecule has 3 N–H and O–H groups in total. The Morgan fingerprint density at radius 3 is 2.44 bits per heavy atom. The van der Waals surface area contributed by atoms with Crippen molar-refractivity contribution in [2.24, 2.45) is 5.92 Å². The summed E-state index contributed by atoms with van der Waals surface area (Å²) >= 11 is 0. The second kappa shape index (κ2) is 11.4. The molecule has 0 aromatic heterocycles. The van der Waals surface area contributed by atoms with E-state index in [0.717, 1.165) is 5.56 Å². The molecule has 1 saturated heterocycles. The average Bonchev–Trinajstić information content (AvgIpc) is 2.79. The largest absolute Gasteiger partial charge is 0.352 e. The van der Waals surface area contributed by atoms with E-state index >= 15 is 0 Å². The highest BCUT2D eigenvalue weighted by Gasteiger charge is 2.25. The number of rotatable bonds is 8. The molecule has 32 heavy (non-hydrogen) atoms. The molecule has 8 heteroatoms. The van der Waals surface area contributed by atoms with Crippen molar-refractivity contribution in [1.82, 2.24) is 15.5 Å². The maximum atomic E-state index is 13.0. The van der Waals surface area contributed by atoms with Gasteiger partial charge in [0.1, 0.15) is 5.82 Å². The van der Waals surface area contributed by atoms with E-state index in [2.05, 4.69) is 16.0 Å². The fourth-order valence-electron chi connectivity index (χ4n) is 3.69. The minimum absolute atomic E-state index is 0.0133. The van der Waals surface area contributed by atoms with Crippen LogP contribution in [0, 0.1) is 11.7 Å². The summed E-state index contributed by atoms with van der Waals surface area (Å²) in [5.41, 5.74) is 1.93. The lowest BCUT2D eigenvalue weighted by molar-refractivity contribution is -0.126. The van der Waals surface area contributed by atoms with Gasteiger partial charge in [0, 0.05) is 30.3 Å². The van der Waals surface area contributed by atoms with Crippen LogP contribution in [0.1, 0.15) is 35.7 Å². The Bertz CT molecular complexity index is 941. The zero-order valence-electron chi connectivity index (χ0n) is 18.2. The number of piperidine rings is 1. The number of hydrogen-bond donors (Lipinski definition) is 3. The highest BCUT2D eigenvalue weighted by Crippen LogP contribution is 2.18. The summed E-state index contributed by atoms with van der Waals surface area (Å²) in [5, 5.41) is 8.48. The summed E-state index contributed by atoms with van der Waals surface area (Å²) in [4.78, 5) is 38.8. The Morgan fingerprint density at radius 2 is 1.75 bits per heavy atom. The molecule has 1 fully saturated rings. The Balaban J connectivity index is 1.41. The summed E-state index contributed by atoms with van der Waals surface area (Å²) in [6, 6.07) is 12.9. The molecule has 1 aliphatic heterocycles. The van der Waals surface area contributed by atoms with Crippen LogP contribution in [0.25, 0.3) is 0 Å². The van der Waals surface area contributed by atoms with Gasteiger partial charge in [-0.1, -0.05) is 18.2 Å². The van der Waals surface area contributed by atoms with E-state index in [1.807, 2.05) is 11.8 Å². The van der Waals surface area contributed by atoms with Crippen LogP contribution in [0.15, 0.2) is 48.5 Å². The molecule has 1 aliphatic rings. The molecule has 1 heterocycles. The van der Waals surface area contributed by atoms with Gasteiger partial charge >= 0.3 is 0 Å². The highest BCUT2D eigenvalue weighted by atomic mass is 19.1. The van der Waals surface area contributed by atoms with E-state index in [4.69, 9.17) is 0 Å². The van der Waals surface area contributed by atoms with Gasteiger partial charge in [-0.05, 0) is 68.8 Å². The minimum Gasteiger partial charge on any atom is -0.352 e. The Hall–Kier alpha value is -3.26. The number of carbonyl (C=O) groups excluding carboxylic acids is 3. The number of nitrogens with one attached hydrogen (secondary N) is 3. The number of benzene rings is 2. The molecule has 0 unspecified atom stereocenters. The van der Waals surface area contributed by atoms with Crippen LogP contribution in [0.2, 0.25) is 0 Å². The molecule has 0 aliphatic carbocycles. The van der Waals surface area contributed by atoms with E-state index in [1.165, 1.54) is 12.1 Å². The molecule has 3 rings (SSSR count). The molecular formula is C24H29FN4O3. The van der Waals surface area contributed by atoms with Gasteiger partial charge < -0.3 is 16.0 Å². The smallest absolute Gasteiger partial charge is 0.251 e. The van der Waals surface area contributed by atoms with Crippen LogP contribution in [-0.2, 0) is 16.1 Å². The topological polar surface area (TPSA) is 90.5 Å². The first kappa shape index (κ1) is 23.4. The average molecular weight is 441 g/mol. The molecule has 7 nitrogen and oxygen atoms in total.